The minimum atomic E-state index is -0.913. The zero-order valence-electron chi connectivity index (χ0n) is 8.05. The highest BCUT2D eigenvalue weighted by molar-refractivity contribution is 6.50. The van der Waals surface area contributed by atoms with Crippen molar-refractivity contribution < 1.29 is 4.79 Å². The quantitative estimate of drug-likeness (QED) is 0.694. The Hall–Kier alpha value is -0.670. The normalized spacial score (nSPS) is 18.7. The maximum Gasteiger partial charge on any atom is 0.321 e. The average molecular weight is 235 g/mol. The first-order valence-corrected chi connectivity index (χ1v) is 4.91. The van der Waals surface area contributed by atoms with E-state index in [9.17, 15) is 4.79 Å². The zero-order chi connectivity index (χ0) is 10.8. The van der Waals surface area contributed by atoms with Crippen LogP contribution in [0.3, 0.4) is 0 Å². The number of alkyl halides is 2. The summed E-state index contributed by atoms with van der Waals surface area (Å²) >= 11 is 11.8. The fourth-order valence-electron chi connectivity index (χ4n) is 1.01. The van der Waals surface area contributed by atoms with Crippen molar-refractivity contribution >= 4 is 29.2 Å². The molecule has 0 radical (unpaired) electrons. The van der Waals surface area contributed by atoms with Gasteiger partial charge in [-0.3, -0.25) is 0 Å². The first-order chi connectivity index (χ1) is 6.41. The molecule has 5 heteroatoms. The molecule has 1 N–H and O–H groups in total. The summed E-state index contributed by atoms with van der Waals surface area (Å²) in [5, 5.41) is 2.70. The second-order valence-electron chi connectivity index (χ2n) is 3.31. The Morgan fingerprint density at radius 2 is 2.21 bits per heavy atom. The van der Waals surface area contributed by atoms with Crippen LogP contribution in [0.5, 0.6) is 0 Å². The van der Waals surface area contributed by atoms with Crippen LogP contribution in [-0.2, 0) is 0 Å². The second kappa shape index (κ2) is 4.24. The molecule has 14 heavy (non-hydrogen) atoms. The van der Waals surface area contributed by atoms with Crippen molar-refractivity contribution in [3.63, 3.8) is 0 Å². The molecule has 0 unspecified atom stereocenters. The molecule has 2 amide bonds. The molecule has 3 nitrogen and oxygen atoms in total. The van der Waals surface area contributed by atoms with Crippen LogP contribution in [0.1, 0.15) is 6.42 Å². The van der Waals surface area contributed by atoms with Crippen molar-refractivity contribution in [2.75, 3.05) is 14.1 Å². The van der Waals surface area contributed by atoms with E-state index in [1.165, 1.54) is 4.90 Å². The monoisotopic (exact) mass is 234 g/mol. The number of carbonyl (C=O) groups excluding carboxylic acids is 1. The molecule has 0 aliphatic heterocycles. The highest BCUT2D eigenvalue weighted by atomic mass is 35.5. The number of carbonyl (C=O) groups is 1. The number of urea groups is 1. The van der Waals surface area contributed by atoms with Gasteiger partial charge in [-0.2, -0.15) is 0 Å². The van der Waals surface area contributed by atoms with Gasteiger partial charge in [0.2, 0.25) is 0 Å². The summed E-state index contributed by atoms with van der Waals surface area (Å²) in [6.45, 7) is 0. The first kappa shape index (κ1) is 11.4. The van der Waals surface area contributed by atoms with E-state index in [0.29, 0.717) is 6.42 Å². The van der Waals surface area contributed by atoms with E-state index in [1.807, 2.05) is 0 Å². The third-order valence-electron chi connectivity index (χ3n) is 1.74. The number of nitrogens with zero attached hydrogens (tertiary/aromatic N) is 1. The summed E-state index contributed by atoms with van der Waals surface area (Å²) in [6.07, 6.45) is 5.60. The lowest BCUT2D eigenvalue weighted by Gasteiger charge is -2.22. The number of hydrogen-bond acceptors (Lipinski definition) is 1. The molecule has 0 saturated carbocycles. The number of rotatable bonds is 1. The zero-order valence-corrected chi connectivity index (χ0v) is 9.56. The van der Waals surface area contributed by atoms with Gasteiger partial charge in [0.15, 0.2) is 0 Å². The SMILES string of the molecule is CN(C)C(=O)NC1=CC=CC(Cl)(Cl)C1. The minimum Gasteiger partial charge on any atom is -0.331 e. The summed E-state index contributed by atoms with van der Waals surface area (Å²) in [6, 6.07) is -0.185. The average Bonchev–Trinajstić information content (AvgIpc) is 2.01. The molecule has 1 aliphatic carbocycles. The Morgan fingerprint density at radius 1 is 1.57 bits per heavy atom. The summed E-state index contributed by atoms with van der Waals surface area (Å²) in [4.78, 5) is 12.7. The van der Waals surface area contributed by atoms with E-state index in [0.717, 1.165) is 5.70 Å². The van der Waals surface area contributed by atoms with Gasteiger partial charge in [-0.25, -0.2) is 4.79 Å². The summed E-state index contributed by atoms with van der Waals surface area (Å²) in [5.41, 5.74) is 0.719. The second-order valence-corrected chi connectivity index (χ2v) is 4.86. The van der Waals surface area contributed by atoms with Gasteiger partial charge in [0.1, 0.15) is 4.33 Å². The lowest BCUT2D eigenvalue weighted by Crippen LogP contribution is -2.35. The van der Waals surface area contributed by atoms with E-state index in [2.05, 4.69) is 5.32 Å². The molecule has 0 aromatic heterocycles. The Balaban J connectivity index is 2.59. The van der Waals surface area contributed by atoms with Crippen LogP contribution in [0.2, 0.25) is 0 Å². The van der Waals surface area contributed by atoms with E-state index in [-0.39, 0.29) is 6.03 Å². The van der Waals surface area contributed by atoms with Gasteiger partial charge in [0, 0.05) is 26.2 Å². The summed E-state index contributed by atoms with van der Waals surface area (Å²) in [5.74, 6) is 0. The summed E-state index contributed by atoms with van der Waals surface area (Å²) in [7, 11) is 3.34. The van der Waals surface area contributed by atoms with E-state index < -0.39 is 4.33 Å². The minimum absolute atomic E-state index is 0.185. The molecule has 0 saturated heterocycles. The van der Waals surface area contributed by atoms with Crippen LogP contribution in [0.15, 0.2) is 23.9 Å². The Kier molecular flexibility index (Phi) is 3.45. The predicted molar refractivity (Wildman–Crippen MR) is 58.5 cm³/mol. The summed E-state index contributed by atoms with van der Waals surface area (Å²) < 4.78 is -0.913. The van der Waals surface area contributed by atoms with Crippen molar-refractivity contribution in [1.29, 1.82) is 0 Å². The van der Waals surface area contributed by atoms with Gasteiger partial charge >= 0.3 is 6.03 Å². The van der Waals surface area contributed by atoms with Gasteiger partial charge < -0.3 is 10.2 Å². The smallest absolute Gasteiger partial charge is 0.321 e. The molecule has 1 aliphatic rings. The Labute approximate surface area is 93.4 Å². The number of halogens is 2. The van der Waals surface area contributed by atoms with Gasteiger partial charge in [0.25, 0.3) is 0 Å². The highest BCUT2D eigenvalue weighted by Gasteiger charge is 2.25. The first-order valence-electron chi connectivity index (χ1n) is 4.15. The van der Waals surface area contributed by atoms with Gasteiger partial charge in [-0.1, -0.05) is 29.3 Å². The number of amides is 2. The topological polar surface area (TPSA) is 32.3 Å². The molecule has 0 heterocycles. The standard InChI is InChI=1S/C9H12Cl2N2O/c1-13(2)8(14)12-7-4-3-5-9(10,11)6-7/h3-5H,6H2,1-2H3,(H,12,14). The molecule has 0 aromatic carbocycles. The van der Waals surface area contributed by atoms with Crippen LogP contribution >= 0.6 is 23.2 Å². The largest absolute Gasteiger partial charge is 0.331 e. The maximum atomic E-state index is 11.3. The van der Waals surface area contributed by atoms with Crippen molar-refractivity contribution in [2.24, 2.45) is 0 Å². The van der Waals surface area contributed by atoms with Crippen LogP contribution < -0.4 is 5.32 Å². The fraction of sp³-hybridized carbons (Fsp3) is 0.444. The fourth-order valence-corrected chi connectivity index (χ4v) is 1.45. The molecule has 0 spiro atoms. The van der Waals surface area contributed by atoms with Crippen LogP contribution in [0, 0.1) is 0 Å². The third-order valence-corrected chi connectivity index (χ3v) is 2.26. The van der Waals surface area contributed by atoms with Gasteiger partial charge in [0.05, 0.1) is 0 Å². The van der Waals surface area contributed by atoms with Crippen molar-refractivity contribution in [3.05, 3.63) is 23.9 Å². The molecule has 0 atom stereocenters. The van der Waals surface area contributed by atoms with Gasteiger partial charge in [-0.05, 0) is 12.2 Å². The van der Waals surface area contributed by atoms with E-state index in [1.54, 1.807) is 32.3 Å². The van der Waals surface area contributed by atoms with Crippen molar-refractivity contribution in [3.8, 4) is 0 Å². The molecular formula is C9H12Cl2N2O. The predicted octanol–water partition coefficient (Wildman–Crippen LogP) is 2.28. The van der Waals surface area contributed by atoms with Crippen LogP contribution in [-0.4, -0.2) is 29.4 Å². The lowest BCUT2D eigenvalue weighted by atomic mass is 10.1. The van der Waals surface area contributed by atoms with Crippen molar-refractivity contribution in [2.45, 2.75) is 10.8 Å². The molecular weight excluding hydrogens is 223 g/mol. The number of nitrogens with one attached hydrogen (secondary N) is 1. The van der Waals surface area contributed by atoms with Crippen molar-refractivity contribution in [1.82, 2.24) is 10.2 Å². The van der Waals surface area contributed by atoms with Crippen LogP contribution in [0.25, 0.3) is 0 Å². The van der Waals surface area contributed by atoms with Gasteiger partial charge in [-0.15, -0.1) is 0 Å². The molecule has 0 aromatic rings. The molecule has 1 rings (SSSR count). The van der Waals surface area contributed by atoms with E-state index in [4.69, 9.17) is 23.2 Å². The highest BCUT2D eigenvalue weighted by Crippen LogP contribution is 2.32. The molecule has 78 valence electrons. The third kappa shape index (κ3) is 3.24. The Bertz CT molecular complexity index is 295. The Morgan fingerprint density at radius 3 is 2.71 bits per heavy atom. The van der Waals surface area contributed by atoms with Crippen LogP contribution in [0.4, 0.5) is 4.79 Å². The lowest BCUT2D eigenvalue weighted by molar-refractivity contribution is 0.220. The number of hydrogen-bond donors (Lipinski definition) is 1. The number of allylic oxidation sites excluding steroid dienone is 4. The maximum absolute atomic E-state index is 11.3. The molecule has 0 bridgehead atoms. The molecule has 0 fully saturated rings. The van der Waals surface area contributed by atoms with E-state index >= 15 is 0 Å².